The quantitative estimate of drug-likeness (QED) is 0.820. The van der Waals surface area contributed by atoms with Crippen molar-refractivity contribution in [2.75, 3.05) is 0 Å². The minimum Gasteiger partial charge on any atom is -0.393 e. The van der Waals surface area contributed by atoms with Gasteiger partial charge in [0.15, 0.2) is 0 Å². The van der Waals surface area contributed by atoms with Crippen molar-refractivity contribution in [1.82, 2.24) is 0 Å². The first-order chi connectivity index (χ1) is 6.63. The minimum atomic E-state index is -0.479. The minimum absolute atomic E-state index is 0.301. The Bertz CT molecular complexity index is 301. The second-order valence-corrected chi connectivity index (χ2v) is 3.82. The van der Waals surface area contributed by atoms with Gasteiger partial charge in [0, 0.05) is 11.4 Å². The van der Waals surface area contributed by atoms with Gasteiger partial charge in [0.1, 0.15) is 5.82 Å². The first-order valence-corrected chi connectivity index (χ1v) is 5.13. The molecule has 1 N–H and O–H groups in total. The number of rotatable bonds is 4. The van der Waals surface area contributed by atoms with Crippen LogP contribution in [0.15, 0.2) is 18.2 Å². The SMILES string of the molecule is CCCC(O)Cc1cc(Cl)ccc1F. The molecular formula is C11H14ClFO. The largest absolute Gasteiger partial charge is 0.393 e. The molecule has 0 amide bonds. The number of hydrogen-bond acceptors (Lipinski definition) is 1. The molecular weight excluding hydrogens is 203 g/mol. The maximum Gasteiger partial charge on any atom is 0.126 e. The van der Waals surface area contributed by atoms with Gasteiger partial charge in [-0.3, -0.25) is 0 Å². The predicted octanol–water partition coefficient (Wildman–Crippen LogP) is 3.18. The van der Waals surface area contributed by atoms with Crippen molar-refractivity contribution in [3.8, 4) is 0 Å². The van der Waals surface area contributed by atoms with Crippen LogP contribution in [0.4, 0.5) is 4.39 Å². The van der Waals surface area contributed by atoms with Crippen molar-refractivity contribution in [2.45, 2.75) is 32.3 Å². The van der Waals surface area contributed by atoms with E-state index in [1.807, 2.05) is 6.92 Å². The highest BCUT2D eigenvalue weighted by molar-refractivity contribution is 6.30. The lowest BCUT2D eigenvalue weighted by Crippen LogP contribution is -2.10. The van der Waals surface area contributed by atoms with Crippen LogP contribution in [0.5, 0.6) is 0 Å². The molecule has 1 rings (SSSR count). The third-order valence-corrected chi connectivity index (χ3v) is 2.32. The van der Waals surface area contributed by atoms with Gasteiger partial charge in [0.2, 0.25) is 0 Å². The number of halogens is 2. The summed E-state index contributed by atoms with van der Waals surface area (Å²) in [6.45, 7) is 1.98. The van der Waals surface area contributed by atoms with E-state index in [-0.39, 0.29) is 5.82 Å². The van der Waals surface area contributed by atoms with Crippen LogP contribution in [0.1, 0.15) is 25.3 Å². The summed E-state index contributed by atoms with van der Waals surface area (Å²) in [6, 6.07) is 4.40. The summed E-state index contributed by atoms with van der Waals surface area (Å²) in [5.41, 5.74) is 0.485. The van der Waals surface area contributed by atoms with Gasteiger partial charge in [0.25, 0.3) is 0 Å². The van der Waals surface area contributed by atoms with Crippen molar-refractivity contribution >= 4 is 11.6 Å². The van der Waals surface area contributed by atoms with Gasteiger partial charge in [-0.2, -0.15) is 0 Å². The van der Waals surface area contributed by atoms with E-state index in [4.69, 9.17) is 11.6 Å². The molecule has 3 heteroatoms. The van der Waals surface area contributed by atoms with Crippen molar-refractivity contribution in [1.29, 1.82) is 0 Å². The zero-order valence-corrected chi connectivity index (χ0v) is 8.89. The smallest absolute Gasteiger partial charge is 0.126 e. The molecule has 1 atom stereocenters. The predicted molar refractivity (Wildman–Crippen MR) is 56.0 cm³/mol. The molecule has 0 bridgehead atoms. The van der Waals surface area contributed by atoms with Crippen molar-refractivity contribution in [3.05, 3.63) is 34.6 Å². The van der Waals surface area contributed by atoms with Gasteiger partial charge in [-0.05, 0) is 30.2 Å². The monoisotopic (exact) mass is 216 g/mol. The molecule has 0 fully saturated rings. The normalized spacial score (nSPS) is 12.9. The topological polar surface area (TPSA) is 20.2 Å². The second-order valence-electron chi connectivity index (χ2n) is 3.38. The highest BCUT2D eigenvalue weighted by Crippen LogP contribution is 2.17. The van der Waals surface area contributed by atoms with Crippen LogP contribution in [0, 0.1) is 5.82 Å². The van der Waals surface area contributed by atoms with E-state index < -0.39 is 6.10 Å². The van der Waals surface area contributed by atoms with Gasteiger partial charge in [-0.15, -0.1) is 0 Å². The van der Waals surface area contributed by atoms with E-state index in [1.165, 1.54) is 12.1 Å². The summed E-state index contributed by atoms with van der Waals surface area (Å²) in [5.74, 6) is -0.301. The molecule has 0 heterocycles. The molecule has 0 saturated heterocycles. The Kier molecular flexibility index (Phi) is 4.36. The lowest BCUT2D eigenvalue weighted by atomic mass is 10.0. The van der Waals surface area contributed by atoms with Crippen molar-refractivity contribution in [3.63, 3.8) is 0 Å². The van der Waals surface area contributed by atoms with E-state index in [1.54, 1.807) is 6.07 Å². The molecule has 14 heavy (non-hydrogen) atoms. The Morgan fingerprint density at radius 1 is 1.50 bits per heavy atom. The number of aliphatic hydroxyl groups excluding tert-OH is 1. The standard InChI is InChI=1S/C11H14ClFO/c1-2-3-10(14)7-8-6-9(12)4-5-11(8)13/h4-6,10,14H,2-3,7H2,1H3. The maximum atomic E-state index is 13.2. The fourth-order valence-electron chi connectivity index (χ4n) is 1.39. The summed E-state index contributed by atoms with van der Waals surface area (Å²) in [5, 5.41) is 10.0. The average molecular weight is 217 g/mol. The fraction of sp³-hybridized carbons (Fsp3) is 0.455. The van der Waals surface area contributed by atoms with Crippen molar-refractivity contribution < 1.29 is 9.50 Å². The van der Waals surface area contributed by atoms with E-state index in [9.17, 15) is 9.50 Å². The summed E-state index contributed by atoms with van der Waals surface area (Å²) in [7, 11) is 0. The first kappa shape index (κ1) is 11.5. The maximum absolute atomic E-state index is 13.2. The Morgan fingerprint density at radius 3 is 2.86 bits per heavy atom. The molecule has 0 radical (unpaired) electrons. The van der Waals surface area contributed by atoms with Crippen LogP contribution < -0.4 is 0 Å². The molecule has 1 nitrogen and oxygen atoms in total. The molecule has 1 aromatic rings. The van der Waals surface area contributed by atoms with Gasteiger partial charge in [-0.25, -0.2) is 4.39 Å². The van der Waals surface area contributed by atoms with Crippen LogP contribution in [-0.2, 0) is 6.42 Å². The average Bonchev–Trinajstić information content (AvgIpc) is 2.12. The van der Waals surface area contributed by atoms with Gasteiger partial charge in [0.05, 0.1) is 6.10 Å². The zero-order valence-electron chi connectivity index (χ0n) is 8.13. The Morgan fingerprint density at radius 2 is 2.21 bits per heavy atom. The van der Waals surface area contributed by atoms with E-state index >= 15 is 0 Å². The Balaban J connectivity index is 2.70. The molecule has 0 aliphatic heterocycles. The first-order valence-electron chi connectivity index (χ1n) is 4.75. The number of benzene rings is 1. The van der Waals surface area contributed by atoms with Crippen LogP contribution in [0.25, 0.3) is 0 Å². The highest BCUT2D eigenvalue weighted by Gasteiger charge is 2.08. The molecule has 78 valence electrons. The summed E-state index contributed by atoms with van der Waals surface area (Å²) in [4.78, 5) is 0. The lowest BCUT2D eigenvalue weighted by Gasteiger charge is -2.09. The van der Waals surface area contributed by atoms with E-state index in [2.05, 4.69) is 0 Å². The third-order valence-electron chi connectivity index (χ3n) is 2.09. The van der Waals surface area contributed by atoms with E-state index in [0.29, 0.717) is 23.4 Å². The highest BCUT2D eigenvalue weighted by atomic mass is 35.5. The third kappa shape index (κ3) is 3.28. The van der Waals surface area contributed by atoms with Crippen LogP contribution in [0.2, 0.25) is 5.02 Å². The summed E-state index contributed by atoms with van der Waals surface area (Å²) < 4.78 is 13.2. The fourth-order valence-corrected chi connectivity index (χ4v) is 1.58. The second kappa shape index (κ2) is 5.32. The Labute approximate surface area is 88.5 Å². The van der Waals surface area contributed by atoms with Gasteiger partial charge in [-0.1, -0.05) is 24.9 Å². The van der Waals surface area contributed by atoms with Gasteiger partial charge < -0.3 is 5.11 Å². The molecule has 0 saturated carbocycles. The van der Waals surface area contributed by atoms with Crippen LogP contribution in [0.3, 0.4) is 0 Å². The number of aliphatic hydroxyl groups is 1. The molecule has 0 aromatic heterocycles. The van der Waals surface area contributed by atoms with E-state index in [0.717, 1.165) is 6.42 Å². The summed E-state index contributed by atoms with van der Waals surface area (Å²) >= 11 is 5.73. The molecule has 0 spiro atoms. The van der Waals surface area contributed by atoms with Crippen LogP contribution >= 0.6 is 11.6 Å². The number of hydrogen-bond donors (Lipinski definition) is 1. The Hall–Kier alpha value is -0.600. The summed E-state index contributed by atoms with van der Waals surface area (Å²) in [6.07, 6.45) is 1.43. The molecule has 1 aromatic carbocycles. The molecule has 1 unspecified atom stereocenters. The molecule has 0 aliphatic rings. The zero-order chi connectivity index (χ0) is 10.6. The lowest BCUT2D eigenvalue weighted by molar-refractivity contribution is 0.162. The van der Waals surface area contributed by atoms with Crippen molar-refractivity contribution in [2.24, 2.45) is 0 Å². The van der Waals surface area contributed by atoms with Crippen LogP contribution in [-0.4, -0.2) is 11.2 Å². The van der Waals surface area contributed by atoms with Gasteiger partial charge >= 0.3 is 0 Å². The molecule has 0 aliphatic carbocycles.